The van der Waals surface area contributed by atoms with Crippen LogP contribution in [0, 0.1) is 5.82 Å². The van der Waals surface area contributed by atoms with Crippen LogP contribution >= 0.6 is 11.8 Å². The van der Waals surface area contributed by atoms with E-state index in [0.717, 1.165) is 16.3 Å². The fourth-order valence-electron chi connectivity index (χ4n) is 2.74. The summed E-state index contributed by atoms with van der Waals surface area (Å²) in [6.45, 7) is 1.80. The number of amides is 2. The molecule has 1 N–H and O–H groups in total. The Hall–Kier alpha value is -2.86. The Balaban J connectivity index is 1.63. The van der Waals surface area contributed by atoms with Crippen LogP contribution < -0.4 is 5.32 Å². The summed E-state index contributed by atoms with van der Waals surface area (Å²) in [7, 11) is 1.66. The molecule has 144 valence electrons. The maximum absolute atomic E-state index is 14.0. The third kappa shape index (κ3) is 5.10. The molecule has 0 fully saturated rings. The minimum absolute atomic E-state index is 0.287. The number of anilines is 1. The number of aromatic nitrogens is 1. The molecule has 4 nitrogen and oxygen atoms in total. The van der Waals surface area contributed by atoms with E-state index in [4.69, 9.17) is 0 Å². The van der Waals surface area contributed by atoms with Gasteiger partial charge in [0, 0.05) is 30.2 Å². The number of hydrogen-bond donors (Lipinski definition) is 1. The van der Waals surface area contributed by atoms with E-state index in [9.17, 15) is 9.18 Å². The molecule has 0 saturated heterocycles. The Bertz CT molecular complexity index is 936. The molecule has 6 heteroatoms. The van der Waals surface area contributed by atoms with E-state index in [-0.39, 0.29) is 17.9 Å². The highest BCUT2D eigenvalue weighted by molar-refractivity contribution is 7.98. The fraction of sp³-hybridized carbons (Fsp3) is 0.182. The van der Waals surface area contributed by atoms with Crippen molar-refractivity contribution in [1.29, 1.82) is 0 Å². The first-order chi connectivity index (χ1) is 13.5. The molecule has 2 amide bonds. The molecule has 0 bridgehead atoms. The van der Waals surface area contributed by atoms with E-state index in [1.54, 1.807) is 50.1 Å². The van der Waals surface area contributed by atoms with E-state index in [0.29, 0.717) is 11.3 Å². The van der Waals surface area contributed by atoms with E-state index in [2.05, 4.69) is 10.3 Å². The summed E-state index contributed by atoms with van der Waals surface area (Å²) in [6, 6.07) is 19.3. The number of rotatable bonds is 6. The van der Waals surface area contributed by atoms with E-state index >= 15 is 0 Å². The molecule has 0 aliphatic heterocycles. The molecule has 1 heterocycles. The molecule has 0 aliphatic rings. The normalized spacial score (nSPS) is 11.7. The number of thioether (sulfide) groups is 1. The van der Waals surface area contributed by atoms with Crippen molar-refractivity contribution in [1.82, 2.24) is 9.88 Å². The number of carbonyl (C=O) groups excluding carboxylic acids is 1. The Morgan fingerprint density at radius 1 is 1.14 bits per heavy atom. The van der Waals surface area contributed by atoms with Gasteiger partial charge in [0.25, 0.3) is 0 Å². The molecule has 28 heavy (non-hydrogen) atoms. The third-order valence-electron chi connectivity index (χ3n) is 4.46. The maximum Gasteiger partial charge on any atom is 0.322 e. The summed E-state index contributed by atoms with van der Waals surface area (Å²) < 4.78 is 14.0. The highest BCUT2D eigenvalue weighted by atomic mass is 32.2. The van der Waals surface area contributed by atoms with Crippen LogP contribution in [0.25, 0.3) is 0 Å². The predicted octanol–water partition coefficient (Wildman–Crippen LogP) is 5.74. The molecular formula is C22H22FN3OS. The van der Waals surface area contributed by atoms with Crippen LogP contribution in [0.1, 0.15) is 24.1 Å². The molecule has 1 unspecified atom stereocenters. The van der Waals surface area contributed by atoms with Crippen molar-refractivity contribution in [3.8, 4) is 0 Å². The number of nitrogens with one attached hydrogen (secondary N) is 1. The number of pyridine rings is 1. The number of urea groups is 1. The molecule has 3 aromatic rings. The molecule has 2 aromatic carbocycles. The Morgan fingerprint density at radius 3 is 2.68 bits per heavy atom. The molecule has 3 rings (SSSR count). The molecule has 1 aromatic heterocycles. The smallest absolute Gasteiger partial charge is 0.321 e. The number of nitrogens with zero attached hydrogens (tertiary/aromatic N) is 2. The van der Waals surface area contributed by atoms with Crippen LogP contribution in [0.15, 0.2) is 78.0 Å². The van der Waals surface area contributed by atoms with Crippen LogP contribution in [-0.2, 0) is 5.75 Å². The van der Waals surface area contributed by atoms with Gasteiger partial charge in [0.15, 0.2) is 0 Å². The van der Waals surface area contributed by atoms with Gasteiger partial charge in [-0.15, -0.1) is 11.8 Å². The van der Waals surface area contributed by atoms with E-state index < -0.39 is 0 Å². The lowest BCUT2D eigenvalue weighted by Crippen LogP contribution is -2.34. The average molecular weight is 396 g/mol. The van der Waals surface area contributed by atoms with Crippen LogP contribution in [0.2, 0.25) is 0 Å². The second-order valence-corrected chi connectivity index (χ2v) is 7.39. The minimum Gasteiger partial charge on any atom is -0.321 e. The van der Waals surface area contributed by atoms with E-state index in [1.807, 2.05) is 42.5 Å². The van der Waals surface area contributed by atoms with Gasteiger partial charge in [-0.1, -0.05) is 36.4 Å². The molecule has 0 aliphatic carbocycles. The lowest BCUT2D eigenvalue weighted by atomic mass is 10.1. The highest BCUT2D eigenvalue weighted by Crippen LogP contribution is 2.24. The highest BCUT2D eigenvalue weighted by Gasteiger charge is 2.20. The molecule has 0 radical (unpaired) electrons. The van der Waals surface area contributed by atoms with Gasteiger partial charge in [0.05, 0.1) is 11.1 Å². The lowest BCUT2D eigenvalue weighted by molar-refractivity contribution is 0.207. The van der Waals surface area contributed by atoms with Gasteiger partial charge in [0.1, 0.15) is 5.82 Å². The quantitative estimate of drug-likeness (QED) is 0.542. The number of benzene rings is 2. The Labute approximate surface area is 168 Å². The first-order valence-electron chi connectivity index (χ1n) is 8.95. The van der Waals surface area contributed by atoms with Gasteiger partial charge in [0.2, 0.25) is 0 Å². The van der Waals surface area contributed by atoms with Crippen molar-refractivity contribution in [2.45, 2.75) is 23.7 Å². The zero-order valence-corrected chi connectivity index (χ0v) is 16.6. The van der Waals surface area contributed by atoms with Crippen LogP contribution in [0.5, 0.6) is 0 Å². The summed E-state index contributed by atoms with van der Waals surface area (Å²) in [5.41, 5.74) is 2.27. The first-order valence-corrected chi connectivity index (χ1v) is 9.94. The maximum atomic E-state index is 14.0. The Kier molecular flexibility index (Phi) is 6.66. The molecule has 0 spiro atoms. The SMILES string of the molecule is CC(c1ccccc1F)N(C)C(=O)Nc1cccc(CSc2ccccn2)c1. The Morgan fingerprint density at radius 2 is 1.93 bits per heavy atom. The average Bonchev–Trinajstić information content (AvgIpc) is 2.72. The van der Waals surface area contributed by atoms with Crippen molar-refractivity contribution >= 4 is 23.5 Å². The van der Waals surface area contributed by atoms with Gasteiger partial charge >= 0.3 is 6.03 Å². The van der Waals surface area contributed by atoms with Gasteiger partial charge in [-0.25, -0.2) is 14.2 Å². The largest absolute Gasteiger partial charge is 0.322 e. The summed E-state index contributed by atoms with van der Waals surface area (Å²) in [5.74, 6) is 0.436. The van der Waals surface area contributed by atoms with Gasteiger partial charge in [-0.3, -0.25) is 0 Å². The van der Waals surface area contributed by atoms with Crippen LogP contribution in [0.4, 0.5) is 14.9 Å². The minimum atomic E-state index is -0.385. The topological polar surface area (TPSA) is 45.2 Å². The molecular weight excluding hydrogens is 373 g/mol. The third-order valence-corrected chi connectivity index (χ3v) is 5.47. The van der Waals surface area contributed by atoms with Crippen LogP contribution in [0.3, 0.4) is 0 Å². The lowest BCUT2D eigenvalue weighted by Gasteiger charge is -2.26. The number of hydrogen-bond acceptors (Lipinski definition) is 3. The van der Waals surface area contributed by atoms with Crippen molar-refractivity contribution < 1.29 is 9.18 Å². The number of carbonyl (C=O) groups is 1. The van der Waals surface area contributed by atoms with Crippen molar-refractivity contribution in [3.63, 3.8) is 0 Å². The summed E-state index contributed by atoms with van der Waals surface area (Å²) in [6.07, 6.45) is 1.77. The molecule has 0 saturated carbocycles. The second-order valence-electron chi connectivity index (χ2n) is 6.40. The fourth-order valence-corrected chi connectivity index (χ4v) is 3.54. The van der Waals surface area contributed by atoms with Crippen molar-refractivity contribution in [2.75, 3.05) is 12.4 Å². The van der Waals surface area contributed by atoms with Crippen molar-refractivity contribution in [2.24, 2.45) is 0 Å². The zero-order chi connectivity index (χ0) is 19.9. The molecule has 1 atom stereocenters. The number of halogens is 1. The van der Waals surface area contributed by atoms with Gasteiger partial charge < -0.3 is 10.2 Å². The van der Waals surface area contributed by atoms with E-state index in [1.165, 1.54) is 11.0 Å². The van der Waals surface area contributed by atoms with Gasteiger partial charge in [-0.2, -0.15) is 0 Å². The van der Waals surface area contributed by atoms with Crippen molar-refractivity contribution in [3.05, 3.63) is 89.9 Å². The summed E-state index contributed by atoms with van der Waals surface area (Å²) in [4.78, 5) is 18.4. The zero-order valence-electron chi connectivity index (χ0n) is 15.8. The predicted molar refractivity (Wildman–Crippen MR) is 112 cm³/mol. The van der Waals surface area contributed by atoms with Gasteiger partial charge in [-0.05, 0) is 42.8 Å². The first kappa shape index (κ1) is 19.9. The second kappa shape index (κ2) is 9.37. The summed E-state index contributed by atoms with van der Waals surface area (Å²) in [5, 5.41) is 3.84. The standard InChI is InChI=1S/C22H22FN3OS/c1-16(19-10-3-4-11-20(19)23)26(2)22(27)25-18-9-7-8-17(14-18)15-28-21-12-5-6-13-24-21/h3-14,16H,15H2,1-2H3,(H,25,27). The summed E-state index contributed by atoms with van der Waals surface area (Å²) >= 11 is 1.64. The monoisotopic (exact) mass is 395 g/mol. The van der Waals surface area contributed by atoms with Crippen LogP contribution in [-0.4, -0.2) is 23.0 Å².